The lowest BCUT2D eigenvalue weighted by atomic mass is 10.1. The minimum Gasteiger partial charge on any atom is -0.389 e. The number of pyridine rings is 1. The second kappa shape index (κ2) is 11.1. The van der Waals surface area contributed by atoms with Crippen molar-refractivity contribution in [1.29, 1.82) is 0 Å². The molecule has 0 fully saturated rings. The zero-order chi connectivity index (χ0) is 20.4. The standard InChI is InChI=1S/C21H27N5.C2H6/c1-4-11-23-15(2)14-16(3)24-21-18-7-5-6-8-19(18)25-20(26-21)17-9-12-22-13-10-17;1-2/h5-10,12-14,16,20,23,25H,4,11H2,1-3H3,(H,24,26);1-2H3/b15-14-;. The molecular formula is C23H33N5. The van der Waals surface area contributed by atoms with Crippen LogP contribution in [0, 0.1) is 0 Å². The average Bonchev–Trinajstić information content (AvgIpc) is 2.74. The molecule has 0 saturated heterocycles. The van der Waals surface area contributed by atoms with E-state index in [2.05, 4.69) is 59.9 Å². The van der Waals surface area contributed by atoms with E-state index in [1.807, 2.05) is 38.1 Å². The largest absolute Gasteiger partial charge is 0.389 e. The predicted octanol–water partition coefficient (Wildman–Crippen LogP) is 4.86. The second-order valence-electron chi connectivity index (χ2n) is 6.56. The predicted molar refractivity (Wildman–Crippen MR) is 120 cm³/mol. The van der Waals surface area contributed by atoms with E-state index in [9.17, 15) is 0 Å². The lowest BCUT2D eigenvalue weighted by Gasteiger charge is -2.27. The summed E-state index contributed by atoms with van der Waals surface area (Å²) < 4.78 is 0. The number of rotatable bonds is 6. The van der Waals surface area contributed by atoms with Crippen LogP contribution in [0.2, 0.25) is 0 Å². The van der Waals surface area contributed by atoms with Gasteiger partial charge in [-0.05, 0) is 56.2 Å². The molecule has 0 amide bonds. The molecule has 0 saturated carbocycles. The molecule has 1 aromatic heterocycles. The number of benzene rings is 1. The maximum atomic E-state index is 4.92. The highest BCUT2D eigenvalue weighted by molar-refractivity contribution is 6.05. The molecule has 2 unspecified atom stereocenters. The Bertz CT molecular complexity index is 783. The van der Waals surface area contributed by atoms with Gasteiger partial charge in [-0.2, -0.15) is 0 Å². The van der Waals surface area contributed by atoms with Crippen LogP contribution >= 0.6 is 0 Å². The van der Waals surface area contributed by atoms with Gasteiger partial charge < -0.3 is 16.0 Å². The fourth-order valence-electron chi connectivity index (χ4n) is 3.03. The highest BCUT2D eigenvalue weighted by Crippen LogP contribution is 2.28. The summed E-state index contributed by atoms with van der Waals surface area (Å²) in [5.74, 6) is 0.910. The lowest BCUT2D eigenvalue weighted by molar-refractivity contribution is 0.728. The van der Waals surface area contributed by atoms with E-state index >= 15 is 0 Å². The van der Waals surface area contributed by atoms with Crippen LogP contribution in [-0.4, -0.2) is 23.4 Å². The number of hydrogen-bond donors (Lipinski definition) is 3. The van der Waals surface area contributed by atoms with Crippen molar-refractivity contribution in [2.75, 3.05) is 11.9 Å². The molecule has 5 nitrogen and oxygen atoms in total. The minimum absolute atomic E-state index is 0.120. The van der Waals surface area contributed by atoms with E-state index < -0.39 is 0 Å². The molecule has 3 rings (SSSR count). The molecule has 0 aliphatic carbocycles. The topological polar surface area (TPSA) is 61.3 Å². The SMILES string of the molecule is CC.CCCN/C(C)=C\C(C)NC1=NC(c2ccncc2)Nc2ccccc21. The Labute approximate surface area is 169 Å². The molecule has 1 aliphatic heterocycles. The Morgan fingerprint density at radius 3 is 2.61 bits per heavy atom. The Hall–Kier alpha value is -2.82. The summed E-state index contributed by atoms with van der Waals surface area (Å²) in [6.07, 6.45) is 6.80. The molecule has 0 spiro atoms. The smallest absolute Gasteiger partial charge is 0.147 e. The van der Waals surface area contributed by atoms with Crippen LogP contribution in [0.25, 0.3) is 0 Å². The zero-order valence-corrected chi connectivity index (χ0v) is 17.7. The molecule has 28 heavy (non-hydrogen) atoms. The third-order valence-corrected chi connectivity index (χ3v) is 4.27. The summed E-state index contributed by atoms with van der Waals surface area (Å²) in [5.41, 5.74) is 4.46. The van der Waals surface area contributed by atoms with Crippen LogP contribution in [0.15, 0.2) is 65.6 Å². The zero-order valence-electron chi connectivity index (χ0n) is 17.7. The molecule has 5 heteroatoms. The summed E-state index contributed by atoms with van der Waals surface area (Å²) in [6, 6.07) is 12.4. The van der Waals surface area contributed by atoms with Gasteiger partial charge in [-0.1, -0.05) is 32.9 Å². The number of nitrogens with one attached hydrogen (secondary N) is 3. The molecule has 0 radical (unpaired) electrons. The number of para-hydroxylation sites is 1. The van der Waals surface area contributed by atoms with E-state index in [0.29, 0.717) is 0 Å². The molecule has 2 heterocycles. The highest BCUT2D eigenvalue weighted by Gasteiger charge is 2.21. The van der Waals surface area contributed by atoms with Crippen LogP contribution in [0.1, 0.15) is 58.3 Å². The van der Waals surface area contributed by atoms with Crippen LogP contribution in [-0.2, 0) is 0 Å². The summed E-state index contributed by atoms with van der Waals surface area (Å²) in [5, 5.41) is 10.5. The number of nitrogens with zero attached hydrogens (tertiary/aromatic N) is 2. The number of hydrogen-bond acceptors (Lipinski definition) is 5. The number of aromatic nitrogens is 1. The summed E-state index contributed by atoms with van der Waals surface area (Å²) in [7, 11) is 0. The van der Waals surface area contributed by atoms with Gasteiger partial charge in [0.15, 0.2) is 0 Å². The van der Waals surface area contributed by atoms with Gasteiger partial charge in [0.1, 0.15) is 12.0 Å². The Morgan fingerprint density at radius 2 is 1.89 bits per heavy atom. The van der Waals surface area contributed by atoms with Crippen molar-refractivity contribution >= 4 is 11.5 Å². The molecule has 0 bridgehead atoms. The number of fused-ring (bicyclic) bond motifs is 1. The van der Waals surface area contributed by atoms with Crippen molar-refractivity contribution in [3.63, 3.8) is 0 Å². The van der Waals surface area contributed by atoms with Crippen molar-refractivity contribution in [3.8, 4) is 0 Å². The number of amidine groups is 1. The van der Waals surface area contributed by atoms with Crippen molar-refractivity contribution in [2.24, 2.45) is 4.99 Å². The van der Waals surface area contributed by atoms with Gasteiger partial charge in [0.25, 0.3) is 0 Å². The first kappa shape index (κ1) is 21.5. The maximum absolute atomic E-state index is 4.92. The van der Waals surface area contributed by atoms with Gasteiger partial charge in [-0.3, -0.25) is 4.98 Å². The molecule has 150 valence electrons. The van der Waals surface area contributed by atoms with E-state index in [4.69, 9.17) is 4.99 Å². The van der Waals surface area contributed by atoms with E-state index in [-0.39, 0.29) is 12.2 Å². The van der Waals surface area contributed by atoms with Crippen molar-refractivity contribution in [1.82, 2.24) is 15.6 Å². The van der Waals surface area contributed by atoms with Crippen LogP contribution in [0.5, 0.6) is 0 Å². The average molecular weight is 380 g/mol. The second-order valence-corrected chi connectivity index (χ2v) is 6.56. The lowest BCUT2D eigenvalue weighted by Crippen LogP contribution is -2.36. The van der Waals surface area contributed by atoms with Crippen LogP contribution in [0.4, 0.5) is 5.69 Å². The molecule has 3 N–H and O–H groups in total. The van der Waals surface area contributed by atoms with Gasteiger partial charge in [0, 0.05) is 41.9 Å². The molecular weight excluding hydrogens is 346 g/mol. The third kappa shape index (κ3) is 5.84. The van der Waals surface area contributed by atoms with Gasteiger partial charge in [0.05, 0.1) is 0 Å². The summed E-state index contributed by atoms with van der Waals surface area (Å²) in [6.45, 7) is 11.4. The molecule has 2 atom stereocenters. The number of anilines is 1. The monoisotopic (exact) mass is 379 g/mol. The van der Waals surface area contributed by atoms with Crippen molar-refractivity contribution in [3.05, 3.63) is 71.7 Å². The third-order valence-electron chi connectivity index (χ3n) is 4.27. The Morgan fingerprint density at radius 1 is 1.18 bits per heavy atom. The Balaban J connectivity index is 0.00000136. The molecule has 2 aromatic rings. The van der Waals surface area contributed by atoms with Crippen molar-refractivity contribution < 1.29 is 0 Å². The van der Waals surface area contributed by atoms with Gasteiger partial charge in [-0.25, -0.2) is 4.99 Å². The van der Waals surface area contributed by atoms with E-state index in [1.54, 1.807) is 12.4 Å². The fourth-order valence-corrected chi connectivity index (χ4v) is 3.03. The minimum atomic E-state index is -0.120. The molecule has 1 aliphatic rings. The first-order valence-electron chi connectivity index (χ1n) is 10.2. The van der Waals surface area contributed by atoms with Gasteiger partial charge in [-0.15, -0.1) is 0 Å². The first-order valence-corrected chi connectivity index (χ1v) is 10.2. The molecule has 1 aromatic carbocycles. The van der Waals surface area contributed by atoms with Gasteiger partial charge in [0.2, 0.25) is 0 Å². The van der Waals surface area contributed by atoms with Crippen LogP contribution < -0.4 is 16.0 Å². The number of allylic oxidation sites excluding steroid dienone is 1. The highest BCUT2D eigenvalue weighted by atomic mass is 15.2. The van der Waals surface area contributed by atoms with Gasteiger partial charge >= 0.3 is 0 Å². The van der Waals surface area contributed by atoms with Crippen LogP contribution in [0.3, 0.4) is 0 Å². The normalized spacial score (nSPS) is 16.5. The van der Waals surface area contributed by atoms with E-state index in [0.717, 1.165) is 35.6 Å². The van der Waals surface area contributed by atoms with Crippen molar-refractivity contribution in [2.45, 2.75) is 53.2 Å². The van der Waals surface area contributed by atoms with E-state index in [1.165, 1.54) is 5.70 Å². The fraction of sp³-hybridized carbons (Fsp3) is 0.391. The summed E-state index contributed by atoms with van der Waals surface area (Å²) >= 11 is 0. The number of aliphatic imine (C=N–C) groups is 1. The quantitative estimate of drug-likeness (QED) is 0.671. The summed E-state index contributed by atoms with van der Waals surface area (Å²) in [4.78, 5) is 9.02. The Kier molecular flexibility index (Phi) is 8.53. The maximum Gasteiger partial charge on any atom is 0.147 e. The first-order chi connectivity index (χ1) is 13.7.